The van der Waals surface area contributed by atoms with Crippen molar-refractivity contribution in [1.82, 2.24) is 20.1 Å². The first-order valence-electron chi connectivity index (χ1n) is 7.10. The number of nitrogens with one attached hydrogen (secondary N) is 2. The first-order chi connectivity index (χ1) is 10.6. The van der Waals surface area contributed by atoms with Gasteiger partial charge >= 0.3 is 6.03 Å². The summed E-state index contributed by atoms with van der Waals surface area (Å²) in [5.41, 5.74) is 1.52. The molecule has 2 aromatic rings. The molecule has 2 N–H and O–H groups in total. The molecule has 112 valence electrons. The Morgan fingerprint density at radius 3 is 2.73 bits per heavy atom. The van der Waals surface area contributed by atoms with Crippen molar-refractivity contribution >= 4 is 28.7 Å². The van der Waals surface area contributed by atoms with Crippen molar-refractivity contribution in [2.45, 2.75) is 6.04 Å². The van der Waals surface area contributed by atoms with Gasteiger partial charge in [0.15, 0.2) is 0 Å². The molecule has 1 aromatic carbocycles. The molecule has 0 bridgehead atoms. The van der Waals surface area contributed by atoms with E-state index in [1.165, 1.54) is 4.90 Å². The highest BCUT2D eigenvalue weighted by atomic mass is 16.2. The molecule has 22 heavy (non-hydrogen) atoms. The number of rotatable bonds is 2. The number of amides is 4. The normalized spacial score (nSPS) is 18.7. The Kier molecular flexibility index (Phi) is 2.69. The molecule has 0 unspecified atom stereocenters. The van der Waals surface area contributed by atoms with Gasteiger partial charge in [-0.15, -0.1) is 0 Å². The SMILES string of the molecule is O=C(c1ccc2cc[nH]c2c1)N1CC(N2C(=O)CNC2=O)C1. The maximum Gasteiger partial charge on any atom is 0.324 e. The van der Waals surface area contributed by atoms with E-state index in [1.807, 2.05) is 24.4 Å². The fourth-order valence-electron chi connectivity index (χ4n) is 2.95. The van der Waals surface area contributed by atoms with E-state index >= 15 is 0 Å². The number of nitrogens with zero attached hydrogens (tertiary/aromatic N) is 2. The molecule has 0 spiro atoms. The first-order valence-corrected chi connectivity index (χ1v) is 7.10. The molecule has 4 rings (SSSR count). The number of fused-ring (bicyclic) bond motifs is 1. The van der Waals surface area contributed by atoms with Gasteiger partial charge in [-0.05, 0) is 23.6 Å². The number of urea groups is 1. The largest absolute Gasteiger partial charge is 0.361 e. The van der Waals surface area contributed by atoms with Gasteiger partial charge in [0.2, 0.25) is 5.91 Å². The molecule has 7 heteroatoms. The summed E-state index contributed by atoms with van der Waals surface area (Å²) in [6.45, 7) is 0.828. The molecule has 0 radical (unpaired) electrons. The molecule has 2 saturated heterocycles. The zero-order valence-corrected chi connectivity index (χ0v) is 11.7. The van der Waals surface area contributed by atoms with Crippen LogP contribution in [-0.2, 0) is 4.79 Å². The number of aromatic nitrogens is 1. The number of aromatic amines is 1. The molecule has 1 aromatic heterocycles. The van der Waals surface area contributed by atoms with Crippen molar-refractivity contribution in [3.05, 3.63) is 36.0 Å². The minimum Gasteiger partial charge on any atom is -0.361 e. The van der Waals surface area contributed by atoms with Crippen LogP contribution in [0.1, 0.15) is 10.4 Å². The Bertz CT molecular complexity index is 775. The van der Waals surface area contributed by atoms with Crippen LogP contribution in [-0.4, -0.2) is 58.3 Å². The summed E-state index contributed by atoms with van der Waals surface area (Å²) in [6, 6.07) is 6.87. The Hall–Kier alpha value is -2.83. The highest BCUT2D eigenvalue weighted by Crippen LogP contribution is 2.22. The number of hydrogen-bond acceptors (Lipinski definition) is 3. The third-order valence-electron chi connectivity index (χ3n) is 4.19. The molecule has 3 heterocycles. The smallest absolute Gasteiger partial charge is 0.324 e. The van der Waals surface area contributed by atoms with Gasteiger partial charge in [-0.1, -0.05) is 6.07 Å². The third-order valence-corrected chi connectivity index (χ3v) is 4.19. The number of H-pyrrole nitrogens is 1. The average molecular weight is 298 g/mol. The quantitative estimate of drug-likeness (QED) is 0.794. The van der Waals surface area contributed by atoms with E-state index in [1.54, 1.807) is 11.0 Å². The Labute approximate surface area is 125 Å². The van der Waals surface area contributed by atoms with E-state index in [-0.39, 0.29) is 30.4 Å². The summed E-state index contributed by atoms with van der Waals surface area (Å²) in [7, 11) is 0. The van der Waals surface area contributed by atoms with Gasteiger partial charge in [-0.2, -0.15) is 0 Å². The molecule has 0 aliphatic carbocycles. The number of hydrogen-bond donors (Lipinski definition) is 2. The third kappa shape index (κ3) is 1.86. The van der Waals surface area contributed by atoms with Crippen LogP contribution < -0.4 is 5.32 Å². The Morgan fingerprint density at radius 1 is 1.18 bits per heavy atom. The number of likely N-dealkylation sites (tertiary alicyclic amines) is 1. The number of carbonyl (C=O) groups is 3. The van der Waals surface area contributed by atoms with Gasteiger partial charge in [0.1, 0.15) is 0 Å². The Balaban J connectivity index is 1.47. The monoisotopic (exact) mass is 298 g/mol. The fourth-order valence-corrected chi connectivity index (χ4v) is 2.95. The topological polar surface area (TPSA) is 85.5 Å². The molecule has 7 nitrogen and oxygen atoms in total. The van der Waals surface area contributed by atoms with Crippen molar-refractivity contribution < 1.29 is 14.4 Å². The van der Waals surface area contributed by atoms with Gasteiger partial charge in [0, 0.05) is 30.4 Å². The standard InChI is InChI=1S/C15H14N4O3/c20-13-6-17-15(22)19(13)11-7-18(8-11)14(21)10-2-1-9-3-4-16-12(9)5-10/h1-5,11,16H,6-8H2,(H,17,22). The maximum atomic E-state index is 12.4. The second kappa shape index (κ2) is 4.59. The lowest BCUT2D eigenvalue weighted by atomic mass is 10.0. The van der Waals surface area contributed by atoms with E-state index in [9.17, 15) is 14.4 Å². The lowest BCUT2D eigenvalue weighted by Crippen LogP contribution is -2.62. The predicted octanol–water partition coefficient (Wildman–Crippen LogP) is 0.544. The lowest BCUT2D eigenvalue weighted by Gasteiger charge is -2.42. The van der Waals surface area contributed by atoms with Crippen LogP contribution in [0.2, 0.25) is 0 Å². The van der Waals surface area contributed by atoms with E-state index in [0.29, 0.717) is 18.7 Å². The summed E-state index contributed by atoms with van der Waals surface area (Å²) in [4.78, 5) is 41.6. The van der Waals surface area contributed by atoms with E-state index < -0.39 is 0 Å². The molecule has 0 saturated carbocycles. The summed E-state index contributed by atoms with van der Waals surface area (Å²) in [5.74, 6) is -0.310. The summed E-state index contributed by atoms with van der Waals surface area (Å²) >= 11 is 0. The van der Waals surface area contributed by atoms with Crippen LogP contribution in [0.25, 0.3) is 10.9 Å². The highest BCUT2D eigenvalue weighted by Gasteiger charge is 2.43. The van der Waals surface area contributed by atoms with E-state index in [0.717, 1.165) is 10.9 Å². The van der Waals surface area contributed by atoms with Crippen molar-refractivity contribution in [2.24, 2.45) is 0 Å². The zero-order valence-electron chi connectivity index (χ0n) is 11.7. The van der Waals surface area contributed by atoms with Crippen LogP contribution in [0.5, 0.6) is 0 Å². The number of benzene rings is 1. The summed E-state index contributed by atoms with van der Waals surface area (Å²) in [5, 5.41) is 3.54. The second-order valence-electron chi connectivity index (χ2n) is 5.57. The molecule has 4 amide bonds. The molecule has 2 aliphatic heterocycles. The molecule has 2 aliphatic rings. The van der Waals surface area contributed by atoms with E-state index in [4.69, 9.17) is 0 Å². The molecule has 0 atom stereocenters. The van der Waals surface area contributed by atoms with Gasteiger partial charge in [-0.3, -0.25) is 14.5 Å². The molecular weight excluding hydrogens is 284 g/mol. The lowest BCUT2D eigenvalue weighted by molar-refractivity contribution is -0.128. The second-order valence-corrected chi connectivity index (χ2v) is 5.57. The van der Waals surface area contributed by atoms with Crippen molar-refractivity contribution in [3.8, 4) is 0 Å². The highest BCUT2D eigenvalue weighted by molar-refractivity contribution is 6.03. The van der Waals surface area contributed by atoms with Gasteiger partial charge < -0.3 is 15.2 Å². The van der Waals surface area contributed by atoms with Crippen LogP contribution in [0.4, 0.5) is 4.79 Å². The van der Waals surface area contributed by atoms with Crippen LogP contribution >= 0.6 is 0 Å². The maximum absolute atomic E-state index is 12.4. The van der Waals surface area contributed by atoms with Crippen LogP contribution in [0.3, 0.4) is 0 Å². The van der Waals surface area contributed by atoms with Crippen molar-refractivity contribution in [1.29, 1.82) is 0 Å². The number of imide groups is 1. The van der Waals surface area contributed by atoms with Crippen LogP contribution in [0.15, 0.2) is 30.5 Å². The minimum atomic E-state index is -0.366. The van der Waals surface area contributed by atoms with Gasteiger partial charge in [-0.25, -0.2) is 4.79 Å². The van der Waals surface area contributed by atoms with Gasteiger partial charge in [0.25, 0.3) is 5.91 Å². The van der Waals surface area contributed by atoms with Crippen LogP contribution in [0, 0.1) is 0 Å². The average Bonchev–Trinajstić information content (AvgIpc) is 3.05. The van der Waals surface area contributed by atoms with Crippen molar-refractivity contribution in [2.75, 3.05) is 19.6 Å². The Morgan fingerprint density at radius 2 is 2.00 bits per heavy atom. The fraction of sp³-hybridized carbons (Fsp3) is 0.267. The van der Waals surface area contributed by atoms with Crippen molar-refractivity contribution in [3.63, 3.8) is 0 Å². The first kappa shape index (κ1) is 12.9. The number of carbonyl (C=O) groups excluding carboxylic acids is 3. The summed E-state index contributed by atoms with van der Waals surface area (Å²) < 4.78 is 0. The van der Waals surface area contributed by atoms with E-state index in [2.05, 4.69) is 10.3 Å². The van der Waals surface area contributed by atoms with Gasteiger partial charge in [0.05, 0.1) is 12.6 Å². The predicted molar refractivity (Wildman–Crippen MR) is 78.2 cm³/mol. The molecule has 2 fully saturated rings. The zero-order chi connectivity index (χ0) is 15.3. The minimum absolute atomic E-state index is 0.0484. The summed E-state index contributed by atoms with van der Waals surface area (Å²) in [6.07, 6.45) is 1.83. The molecular formula is C15H14N4O3.